The number of rotatable bonds is 4. The van der Waals surface area contributed by atoms with E-state index >= 15 is 0 Å². The summed E-state index contributed by atoms with van der Waals surface area (Å²) in [5.41, 5.74) is 2.37. The number of carboxylic acid groups (broad SMARTS) is 1. The second kappa shape index (κ2) is 4.84. The van der Waals surface area contributed by atoms with Crippen molar-refractivity contribution < 1.29 is 9.90 Å². The van der Waals surface area contributed by atoms with Crippen LogP contribution in [0.2, 0.25) is 0 Å². The van der Waals surface area contributed by atoms with Gasteiger partial charge in [-0.2, -0.15) is 0 Å². The lowest BCUT2D eigenvalue weighted by atomic mass is 9.87. The summed E-state index contributed by atoms with van der Waals surface area (Å²) >= 11 is 0. The van der Waals surface area contributed by atoms with Crippen molar-refractivity contribution in [2.75, 3.05) is 13.1 Å². The fraction of sp³-hybridized carbons (Fsp3) is 0.538. The van der Waals surface area contributed by atoms with Gasteiger partial charge in [-0.1, -0.05) is 13.0 Å². The highest BCUT2D eigenvalue weighted by Gasteiger charge is 2.34. The predicted molar refractivity (Wildman–Crippen MR) is 64.5 cm³/mol. The minimum atomic E-state index is -0.688. The molecule has 1 N–H and O–H groups in total. The Morgan fingerprint density at radius 1 is 1.59 bits per heavy atom. The summed E-state index contributed by atoms with van der Waals surface area (Å²) in [6.45, 7) is 6.45. The van der Waals surface area contributed by atoms with Crippen molar-refractivity contribution in [1.82, 2.24) is 9.88 Å². The smallest absolute Gasteiger partial charge is 0.306 e. The van der Waals surface area contributed by atoms with Crippen molar-refractivity contribution in [2.45, 2.75) is 20.4 Å². The van der Waals surface area contributed by atoms with Crippen LogP contribution in [0.1, 0.15) is 18.1 Å². The summed E-state index contributed by atoms with van der Waals surface area (Å²) in [6.07, 6.45) is 3.72. The van der Waals surface area contributed by atoms with E-state index in [4.69, 9.17) is 5.11 Å². The molecule has 2 rings (SSSR count). The summed E-state index contributed by atoms with van der Waals surface area (Å²) in [6, 6.07) is 2.13. The maximum absolute atomic E-state index is 10.8. The molecule has 0 saturated carbocycles. The molecule has 0 amide bonds. The molecular weight excluding hydrogens is 216 g/mol. The van der Waals surface area contributed by atoms with E-state index in [-0.39, 0.29) is 5.92 Å². The highest BCUT2D eigenvalue weighted by molar-refractivity contribution is 5.70. The third-order valence-electron chi connectivity index (χ3n) is 3.42. The maximum Gasteiger partial charge on any atom is 0.306 e. The van der Waals surface area contributed by atoms with Gasteiger partial charge in [0.15, 0.2) is 0 Å². The summed E-state index contributed by atoms with van der Waals surface area (Å²) in [7, 11) is 0. The zero-order chi connectivity index (χ0) is 12.4. The van der Waals surface area contributed by atoms with Gasteiger partial charge < -0.3 is 5.11 Å². The highest BCUT2D eigenvalue weighted by Crippen LogP contribution is 2.25. The van der Waals surface area contributed by atoms with Gasteiger partial charge in [0.2, 0.25) is 0 Å². The maximum atomic E-state index is 10.8. The summed E-state index contributed by atoms with van der Waals surface area (Å²) < 4.78 is 0. The molecule has 17 heavy (non-hydrogen) atoms. The first kappa shape index (κ1) is 12.0. The average Bonchev–Trinajstić information content (AvgIpc) is 2.22. The molecule has 4 heteroatoms. The molecule has 1 aliphatic heterocycles. The Morgan fingerprint density at radius 3 is 2.88 bits per heavy atom. The number of pyridine rings is 1. The van der Waals surface area contributed by atoms with Gasteiger partial charge in [0.25, 0.3) is 0 Å². The first-order valence-corrected chi connectivity index (χ1v) is 5.92. The third-order valence-corrected chi connectivity index (χ3v) is 3.42. The molecule has 0 aliphatic carbocycles. The van der Waals surface area contributed by atoms with E-state index in [1.807, 2.05) is 19.3 Å². The van der Waals surface area contributed by atoms with Gasteiger partial charge in [-0.3, -0.25) is 14.7 Å². The van der Waals surface area contributed by atoms with Gasteiger partial charge >= 0.3 is 5.97 Å². The Hall–Kier alpha value is -1.42. The second-order valence-corrected chi connectivity index (χ2v) is 4.95. The van der Waals surface area contributed by atoms with Gasteiger partial charge in [0, 0.05) is 32.0 Å². The number of aromatic nitrogens is 1. The number of likely N-dealkylation sites (tertiary alicyclic amines) is 1. The largest absolute Gasteiger partial charge is 0.481 e. The monoisotopic (exact) mass is 234 g/mol. The summed E-state index contributed by atoms with van der Waals surface area (Å²) in [5, 5.41) is 8.90. The molecule has 92 valence electrons. The Kier molecular flexibility index (Phi) is 3.43. The SMILES string of the molecule is Cc1cncc(CN2CC(C(C)C(=O)O)C2)c1. The van der Waals surface area contributed by atoms with E-state index in [9.17, 15) is 4.79 Å². The van der Waals surface area contributed by atoms with Crippen molar-refractivity contribution in [2.24, 2.45) is 11.8 Å². The van der Waals surface area contributed by atoms with Crippen LogP contribution in [0.3, 0.4) is 0 Å². The number of hydrogen-bond acceptors (Lipinski definition) is 3. The van der Waals surface area contributed by atoms with Crippen molar-refractivity contribution in [3.05, 3.63) is 29.6 Å². The predicted octanol–water partition coefficient (Wildman–Crippen LogP) is 1.54. The number of aliphatic carboxylic acids is 1. The van der Waals surface area contributed by atoms with Gasteiger partial charge in [0.1, 0.15) is 0 Å². The van der Waals surface area contributed by atoms with E-state index in [2.05, 4.69) is 16.0 Å². The lowest BCUT2D eigenvalue weighted by Crippen LogP contribution is -2.50. The van der Waals surface area contributed by atoms with Gasteiger partial charge in [-0.15, -0.1) is 0 Å². The number of carboxylic acids is 1. The van der Waals surface area contributed by atoms with E-state index in [0.717, 1.165) is 19.6 Å². The minimum absolute atomic E-state index is 0.234. The lowest BCUT2D eigenvalue weighted by molar-refractivity contribution is -0.145. The molecule has 1 aromatic heterocycles. The molecular formula is C13H18N2O2. The number of carbonyl (C=O) groups is 1. The van der Waals surface area contributed by atoms with Gasteiger partial charge in [-0.25, -0.2) is 0 Å². The van der Waals surface area contributed by atoms with Crippen LogP contribution in [-0.4, -0.2) is 34.0 Å². The van der Waals surface area contributed by atoms with Crippen molar-refractivity contribution >= 4 is 5.97 Å². The Bertz CT molecular complexity index is 414. The van der Waals surface area contributed by atoms with E-state index in [1.165, 1.54) is 11.1 Å². The molecule has 1 saturated heterocycles. The van der Waals surface area contributed by atoms with Crippen LogP contribution in [0.15, 0.2) is 18.5 Å². The number of aryl methyl sites for hydroxylation is 1. The van der Waals surface area contributed by atoms with Crippen LogP contribution in [0.4, 0.5) is 0 Å². The van der Waals surface area contributed by atoms with E-state index in [1.54, 1.807) is 6.92 Å². The van der Waals surface area contributed by atoms with Crippen molar-refractivity contribution in [3.63, 3.8) is 0 Å². The third kappa shape index (κ3) is 2.82. The molecule has 1 unspecified atom stereocenters. The van der Waals surface area contributed by atoms with Crippen LogP contribution < -0.4 is 0 Å². The van der Waals surface area contributed by atoms with Crippen LogP contribution in [0.25, 0.3) is 0 Å². The molecule has 1 fully saturated rings. The molecule has 0 radical (unpaired) electrons. The first-order valence-electron chi connectivity index (χ1n) is 5.92. The van der Waals surface area contributed by atoms with Crippen LogP contribution in [0.5, 0.6) is 0 Å². The van der Waals surface area contributed by atoms with Crippen LogP contribution >= 0.6 is 0 Å². The highest BCUT2D eigenvalue weighted by atomic mass is 16.4. The number of hydrogen-bond donors (Lipinski definition) is 1. The Balaban J connectivity index is 1.83. The van der Waals surface area contributed by atoms with Crippen molar-refractivity contribution in [3.8, 4) is 0 Å². The molecule has 1 atom stereocenters. The molecule has 4 nitrogen and oxygen atoms in total. The Labute approximate surface area is 101 Å². The van der Waals surface area contributed by atoms with Crippen LogP contribution in [-0.2, 0) is 11.3 Å². The quantitative estimate of drug-likeness (QED) is 0.858. The van der Waals surface area contributed by atoms with Gasteiger partial charge in [-0.05, 0) is 24.0 Å². The van der Waals surface area contributed by atoms with Crippen LogP contribution in [0, 0.1) is 18.8 Å². The zero-order valence-corrected chi connectivity index (χ0v) is 10.3. The lowest BCUT2D eigenvalue weighted by Gasteiger charge is -2.41. The molecule has 0 spiro atoms. The van der Waals surface area contributed by atoms with Gasteiger partial charge in [0.05, 0.1) is 5.92 Å². The van der Waals surface area contributed by atoms with Crippen molar-refractivity contribution in [1.29, 1.82) is 0 Å². The van der Waals surface area contributed by atoms with E-state index < -0.39 is 5.97 Å². The zero-order valence-electron chi connectivity index (χ0n) is 10.3. The minimum Gasteiger partial charge on any atom is -0.481 e. The average molecular weight is 234 g/mol. The summed E-state index contributed by atoms with van der Waals surface area (Å²) in [4.78, 5) is 17.2. The molecule has 0 bridgehead atoms. The molecule has 1 aliphatic rings. The topological polar surface area (TPSA) is 53.4 Å². The first-order chi connectivity index (χ1) is 8.06. The Morgan fingerprint density at radius 2 is 2.29 bits per heavy atom. The molecule has 1 aromatic rings. The standard InChI is InChI=1S/C13H18N2O2/c1-9-3-11(5-14-4-9)6-15-7-12(8-15)10(2)13(16)17/h3-5,10,12H,6-8H2,1-2H3,(H,16,17). The fourth-order valence-electron chi connectivity index (χ4n) is 2.22. The second-order valence-electron chi connectivity index (χ2n) is 4.95. The normalized spacial score (nSPS) is 18.7. The number of nitrogens with zero attached hydrogens (tertiary/aromatic N) is 2. The molecule has 2 heterocycles. The molecule has 0 aromatic carbocycles. The summed E-state index contributed by atoms with van der Waals surface area (Å²) in [5.74, 6) is -0.626. The van der Waals surface area contributed by atoms with E-state index in [0.29, 0.717) is 5.92 Å². The fourth-order valence-corrected chi connectivity index (χ4v) is 2.22.